The third-order valence-electron chi connectivity index (χ3n) is 6.95. The van der Waals surface area contributed by atoms with Gasteiger partial charge in [0.15, 0.2) is 5.78 Å². The Balaban J connectivity index is 1.27. The summed E-state index contributed by atoms with van der Waals surface area (Å²) in [5, 5.41) is 3.41. The van der Waals surface area contributed by atoms with Crippen molar-refractivity contribution in [3.8, 4) is 5.75 Å². The van der Waals surface area contributed by atoms with Crippen LogP contribution in [0.2, 0.25) is 0 Å². The van der Waals surface area contributed by atoms with Crippen LogP contribution in [0, 0.1) is 0 Å². The molecule has 6 heteroatoms. The first kappa shape index (κ1) is 20.9. The molecule has 1 atom stereocenters. The van der Waals surface area contributed by atoms with Gasteiger partial charge in [-0.25, -0.2) is 0 Å². The van der Waals surface area contributed by atoms with E-state index in [-0.39, 0.29) is 23.9 Å². The lowest BCUT2D eigenvalue weighted by Gasteiger charge is -2.29. The van der Waals surface area contributed by atoms with Crippen molar-refractivity contribution in [2.24, 2.45) is 0 Å². The molecule has 2 aromatic rings. The summed E-state index contributed by atoms with van der Waals surface area (Å²) in [5.41, 5.74) is 3.89. The van der Waals surface area contributed by atoms with Crippen LogP contribution in [0.1, 0.15) is 65.1 Å². The molecule has 0 spiro atoms. The number of benzene rings is 2. The van der Waals surface area contributed by atoms with Crippen molar-refractivity contribution in [2.45, 2.75) is 57.2 Å². The van der Waals surface area contributed by atoms with Gasteiger partial charge in [-0.05, 0) is 61.5 Å². The van der Waals surface area contributed by atoms with Gasteiger partial charge in [-0.3, -0.25) is 14.4 Å². The molecule has 3 aliphatic rings. The SMILES string of the molecule is O=C1CCC(N2Cc3c(OCc4ccc(C5CCNCC5)cc4)cccc3C2=O)C(=O)C1. The molecule has 2 fully saturated rings. The van der Waals surface area contributed by atoms with E-state index in [1.807, 2.05) is 12.1 Å². The summed E-state index contributed by atoms with van der Waals surface area (Å²) in [5.74, 6) is 0.965. The maximum atomic E-state index is 13.0. The van der Waals surface area contributed by atoms with Crippen molar-refractivity contribution >= 4 is 17.5 Å². The molecule has 2 aliphatic heterocycles. The Morgan fingerprint density at radius 3 is 2.50 bits per heavy atom. The Bertz CT molecular complexity index is 1040. The molecule has 6 nitrogen and oxygen atoms in total. The fourth-order valence-corrected chi connectivity index (χ4v) is 5.10. The van der Waals surface area contributed by atoms with Crippen molar-refractivity contribution in [1.82, 2.24) is 10.2 Å². The Morgan fingerprint density at radius 2 is 1.75 bits per heavy atom. The number of ether oxygens (including phenoxy) is 1. The van der Waals surface area contributed by atoms with Gasteiger partial charge in [0.2, 0.25) is 0 Å². The molecule has 1 amide bonds. The average molecular weight is 433 g/mol. The fraction of sp³-hybridized carbons (Fsp3) is 0.423. The molecule has 1 aliphatic carbocycles. The fourth-order valence-electron chi connectivity index (χ4n) is 5.10. The maximum Gasteiger partial charge on any atom is 0.255 e. The lowest BCUT2D eigenvalue weighted by molar-refractivity contribution is -0.133. The minimum Gasteiger partial charge on any atom is -0.489 e. The van der Waals surface area contributed by atoms with Crippen LogP contribution in [0.4, 0.5) is 0 Å². The van der Waals surface area contributed by atoms with E-state index < -0.39 is 6.04 Å². The van der Waals surface area contributed by atoms with E-state index >= 15 is 0 Å². The van der Waals surface area contributed by atoms with Gasteiger partial charge < -0.3 is 15.0 Å². The number of carbonyl (C=O) groups excluding carboxylic acids is 3. The Labute approximate surface area is 187 Å². The zero-order valence-electron chi connectivity index (χ0n) is 18.1. The van der Waals surface area contributed by atoms with Crippen molar-refractivity contribution < 1.29 is 19.1 Å². The molecule has 1 saturated carbocycles. The molecular weight excluding hydrogens is 404 g/mol. The lowest BCUT2D eigenvalue weighted by atomic mass is 9.90. The second-order valence-electron chi connectivity index (χ2n) is 9.01. The van der Waals surface area contributed by atoms with Crippen LogP contribution in [-0.2, 0) is 22.7 Å². The molecule has 5 rings (SSSR count). The first-order valence-corrected chi connectivity index (χ1v) is 11.5. The number of nitrogens with zero attached hydrogens (tertiary/aromatic N) is 1. The third kappa shape index (κ3) is 4.07. The van der Waals surface area contributed by atoms with E-state index in [4.69, 9.17) is 4.74 Å². The maximum absolute atomic E-state index is 13.0. The molecule has 1 saturated heterocycles. The van der Waals surface area contributed by atoms with Crippen LogP contribution in [0.5, 0.6) is 5.75 Å². The number of carbonyl (C=O) groups is 3. The predicted octanol–water partition coefficient (Wildman–Crippen LogP) is 3.38. The number of hydrogen-bond acceptors (Lipinski definition) is 5. The van der Waals surface area contributed by atoms with Gasteiger partial charge in [-0.15, -0.1) is 0 Å². The highest BCUT2D eigenvalue weighted by Gasteiger charge is 2.39. The van der Waals surface area contributed by atoms with Crippen LogP contribution in [0.3, 0.4) is 0 Å². The van der Waals surface area contributed by atoms with Gasteiger partial charge in [-0.1, -0.05) is 30.3 Å². The van der Waals surface area contributed by atoms with Gasteiger partial charge in [0, 0.05) is 17.5 Å². The van der Waals surface area contributed by atoms with Crippen LogP contribution >= 0.6 is 0 Å². The molecule has 1 N–H and O–H groups in total. The minimum atomic E-state index is -0.511. The second-order valence-corrected chi connectivity index (χ2v) is 9.01. The standard InChI is InChI=1S/C26H28N2O4/c29-20-8-9-23(24(30)14-20)28-15-22-21(26(28)31)2-1-3-25(22)32-16-17-4-6-18(7-5-17)19-10-12-27-13-11-19/h1-7,19,23,27H,8-16H2. The molecular formula is C26H28N2O4. The van der Waals surface area contributed by atoms with Crippen molar-refractivity contribution in [1.29, 1.82) is 0 Å². The molecule has 0 bridgehead atoms. The number of Topliss-reactive ketones (excluding diaryl/α,β-unsaturated/α-hetero) is 2. The number of piperidine rings is 1. The molecule has 1 unspecified atom stereocenters. The van der Waals surface area contributed by atoms with Crippen molar-refractivity contribution in [3.63, 3.8) is 0 Å². The second kappa shape index (κ2) is 8.87. The number of amides is 1. The van der Waals surface area contributed by atoms with Gasteiger partial charge in [0.1, 0.15) is 18.1 Å². The van der Waals surface area contributed by atoms with Crippen LogP contribution < -0.4 is 10.1 Å². The predicted molar refractivity (Wildman–Crippen MR) is 120 cm³/mol. The van der Waals surface area contributed by atoms with E-state index in [9.17, 15) is 14.4 Å². The van der Waals surface area contributed by atoms with E-state index in [1.54, 1.807) is 11.0 Å². The van der Waals surface area contributed by atoms with Gasteiger partial charge in [0.25, 0.3) is 5.91 Å². The average Bonchev–Trinajstić information content (AvgIpc) is 3.15. The highest BCUT2D eigenvalue weighted by atomic mass is 16.5. The summed E-state index contributed by atoms with van der Waals surface area (Å²) in [6.07, 6.45) is 3.05. The number of fused-ring (bicyclic) bond motifs is 1. The quantitative estimate of drug-likeness (QED) is 0.733. The molecule has 0 aromatic heterocycles. The highest BCUT2D eigenvalue weighted by molar-refractivity contribution is 6.07. The van der Waals surface area contributed by atoms with Crippen molar-refractivity contribution in [3.05, 3.63) is 64.7 Å². The largest absolute Gasteiger partial charge is 0.489 e. The first-order valence-electron chi connectivity index (χ1n) is 11.5. The van der Waals surface area contributed by atoms with Gasteiger partial charge in [0.05, 0.1) is 19.0 Å². The lowest BCUT2D eigenvalue weighted by Crippen LogP contribution is -2.44. The topological polar surface area (TPSA) is 75.7 Å². The normalized spacial score (nSPS) is 21.7. The van der Waals surface area contributed by atoms with Gasteiger partial charge >= 0.3 is 0 Å². The van der Waals surface area contributed by atoms with Gasteiger partial charge in [-0.2, -0.15) is 0 Å². The summed E-state index contributed by atoms with van der Waals surface area (Å²) in [6, 6.07) is 13.6. The Kier molecular flexibility index (Phi) is 5.79. The van der Waals surface area contributed by atoms with E-state index in [1.165, 1.54) is 18.4 Å². The number of rotatable bonds is 5. The summed E-state index contributed by atoms with van der Waals surface area (Å²) >= 11 is 0. The van der Waals surface area contributed by atoms with Crippen LogP contribution in [-0.4, -0.2) is 41.5 Å². The molecule has 2 aromatic carbocycles. The molecule has 2 heterocycles. The zero-order valence-corrected chi connectivity index (χ0v) is 18.1. The Morgan fingerprint density at radius 1 is 0.969 bits per heavy atom. The van der Waals surface area contributed by atoms with E-state index in [2.05, 4.69) is 29.6 Å². The zero-order chi connectivity index (χ0) is 22.1. The number of hydrogen-bond donors (Lipinski definition) is 1. The summed E-state index contributed by atoms with van der Waals surface area (Å²) in [7, 11) is 0. The first-order chi connectivity index (χ1) is 15.6. The summed E-state index contributed by atoms with van der Waals surface area (Å²) in [6.45, 7) is 2.93. The minimum absolute atomic E-state index is 0.0365. The molecule has 0 radical (unpaired) electrons. The van der Waals surface area contributed by atoms with E-state index in [0.717, 1.165) is 24.2 Å². The highest BCUT2D eigenvalue weighted by Crippen LogP contribution is 2.34. The Hall–Kier alpha value is -2.99. The van der Waals surface area contributed by atoms with Crippen LogP contribution in [0.15, 0.2) is 42.5 Å². The summed E-state index contributed by atoms with van der Waals surface area (Å²) < 4.78 is 6.12. The monoisotopic (exact) mass is 432 g/mol. The van der Waals surface area contributed by atoms with Crippen molar-refractivity contribution in [2.75, 3.05) is 13.1 Å². The molecule has 166 valence electrons. The number of ketones is 2. The van der Waals surface area contributed by atoms with Crippen LogP contribution in [0.25, 0.3) is 0 Å². The van der Waals surface area contributed by atoms with E-state index in [0.29, 0.717) is 43.2 Å². The number of nitrogens with one attached hydrogen (secondary N) is 1. The third-order valence-corrected chi connectivity index (χ3v) is 6.95. The summed E-state index contributed by atoms with van der Waals surface area (Å²) in [4.78, 5) is 38.5. The molecule has 32 heavy (non-hydrogen) atoms. The smallest absolute Gasteiger partial charge is 0.255 e.